The van der Waals surface area contributed by atoms with Crippen molar-refractivity contribution in [2.45, 2.75) is 40.5 Å². The van der Waals surface area contributed by atoms with Crippen LogP contribution < -0.4 is 5.32 Å². The van der Waals surface area contributed by atoms with E-state index < -0.39 is 0 Å². The van der Waals surface area contributed by atoms with Crippen LogP contribution in [0.1, 0.15) is 39.3 Å². The van der Waals surface area contributed by atoms with E-state index in [-0.39, 0.29) is 23.1 Å². The zero-order valence-corrected chi connectivity index (χ0v) is 16.4. The molecule has 0 bridgehead atoms. The molecule has 1 aliphatic heterocycles. The number of rotatable bonds is 3. The molecule has 144 valence electrons. The van der Waals surface area contributed by atoms with Crippen molar-refractivity contribution in [1.82, 2.24) is 10.1 Å². The number of hydrogen-bond acceptors (Lipinski definition) is 4. The zero-order chi connectivity index (χ0) is 19.6. The van der Waals surface area contributed by atoms with Crippen LogP contribution in [0.25, 0.3) is 11.3 Å². The van der Waals surface area contributed by atoms with E-state index in [1.54, 1.807) is 0 Å². The van der Waals surface area contributed by atoms with Crippen LogP contribution in [0.15, 0.2) is 34.9 Å². The van der Waals surface area contributed by atoms with Crippen molar-refractivity contribution in [1.29, 1.82) is 0 Å². The third-order valence-corrected chi connectivity index (χ3v) is 4.94. The molecule has 0 spiro atoms. The van der Waals surface area contributed by atoms with E-state index in [9.17, 15) is 9.59 Å². The first kappa shape index (κ1) is 19.1. The fourth-order valence-electron chi connectivity index (χ4n) is 3.35. The molecule has 0 atom stereocenters. The first-order chi connectivity index (χ1) is 12.8. The van der Waals surface area contributed by atoms with Crippen LogP contribution in [0.5, 0.6) is 0 Å². The lowest BCUT2D eigenvalue weighted by Gasteiger charge is -2.35. The molecular weight excluding hydrogens is 342 g/mol. The topological polar surface area (TPSA) is 75.4 Å². The van der Waals surface area contributed by atoms with Gasteiger partial charge in [0.2, 0.25) is 11.8 Å². The van der Waals surface area contributed by atoms with Crippen molar-refractivity contribution < 1.29 is 14.1 Å². The third kappa shape index (κ3) is 4.21. The monoisotopic (exact) mass is 369 g/mol. The molecule has 27 heavy (non-hydrogen) atoms. The molecule has 0 aliphatic carbocycles. The minimum Gasteiger partial charge on any atom is -0.354 e. The molecule has 1 aliphatic rings. The summed E-state index contributed by atoms with van der Waals surface area (Å²) in [4.78, 5) is 27.1. The highest BCUT2D eigenvalue weighted by atomic mass is 16.5. The highest BCUT2D eigenvalue weighted by Gasteiger charge is 2.33. The number of nitrogens with zero attached hydrogens (tertiary/aromatic N) is 2. The van der Waals surface area contributed by atoms with Crippen LogP contribution in [-0.4, -0.2) is 35.0 Å². The molecule has 0 saturated carbocycles. The predicted molar refractivity (Wildman–Crippen MR) is 104 cm³/mol. The summed E-state index contributed by atoms with van der Waals surface area (Å²) >= 11 is 0. The van der Waals surface area contributed by atoms with Crippen molar-refractivity contribution in [3.8, 4) is 11.3 Å². The molecule has 2 aromatic rings. The van der Waals surface area contributed by atoms with Gasteiger partial charge in [-0.15, -0.1) is 0 Å². The lowest BCUT2D eigenvalue weighted by Crippen LogP contribution is -2.45. The lowest BCUT2D eigenvalue weighted by atomic mass is 9.90. The number of aryl methyl sites for hydroxylation is 1. The minimum atomic E-state index is -0.390. The molecule has 3 rings (SSSR count). The fraction of sp³-hybridized carbons (Fsp3) is 0.476. The molecule has 6 nitrogen and oxygen atoms in total. The van der Waals surface area contributed by atoms with Crippen LogP contribution in [0.3, 0.4) is 0 Å². The summed E-state index contributed by atoms with van der Waals surface area (Å²) in [6.07, 6.45) is 1.33. The van der Waals surface area contributed by atoms with Crippen molar-refractivity contribution in [2.75, 3.05) is 18.4 Å². The summed E-state index contributed by atoms with van der Waals surface area (Å²) in [5.41, 5.74) is 1.76. The summed E-state index contributed by atoms with van der Waals surface area (Å²) < 4.78 is 5.44. The second-order valence-electron chi connectivity index (χ2n) is 8.14. The van der Waals surface area contributed by atoms with Crippen LogP contribution >= 0.6 is 0 Å². The highest BCUT2D eigenvalue weighted by molar-refractivity contribution is 5.96. The van der Waals surface area contributed by atoms with Crippen LogP contribution in [0, 0.1) is 18.3 Å². The quantitative estimate of drug-likeness (QED) is 0.891. The second kappa shape index (κ2) is 7.55. The number of piperidine rings is 1. The fourth-order valence-corrected chi connectivity index (χ4v) is 3.35. The number of aromatic nitrogens is 1. The number of carbonyl (C=O) groups is 2. The molecule has 2 amide bonds. The molecule has 1 saturated heterocycles. The van der Waals surface area contributed by atoms with Gasteiger partial charge in [0.25, 0.3) is 0 Å². The van der Waals surface area contributed by atoms with Crippen molar-refractivity contribution in [3.63, 3.8) is 0 Å². The number of amides is 2. The van der Waals surface area contributed by atoms with Crippen molar-refractivity contribution in [3.05, 3.63) is 36.0 Å². The van der Waals surface area contributed by atoms with Gasteiger partial charge in [-0.1, -0.05) is 56.3 Å². The Kier molecular flexibility index (Phi) is 5.35. The van der Waals surface area contributed by atoms with E-state index in [0.717, 1.165) is 5.56 Å². The van der Waals surface area contributed by atoms with Crippen molar-refractivity contribution >= 4 is 17.5 Å². The number of hydrogen-bond donors (Lipinski definition) is 1. The van der Waals surface area contributed by atoms with Gasteiger partial charge in [0.15, 0.2) is 5.76 Å². The summed E-state index contributed by atoms with van der Waals surface area (Å²) in [6, 6.07) is 9.61. The summed E-state index contributed by atoms with van der Waals surface area (Å²) in [7, 11) is 0. The van der Waals surface area contributed by atoms with E-state index in [2.05, 4.69) is 10.5 Å². The Morgan fingerprint density at radius 1 is 1.15 bits per heavy atom. The number of carbonyl (C=O) groups excluding carboxylic acids is 2. The van der Waals surface area contributed by atoms with Gasteiger partial charge in [-0.25, -0.2) is 0 Å². The maximum atomic E-state index is 12.8. The summed E-state index contributed by atoms with van der Waals surface area (Å²) in [5, 5.41) is 7.01. The number of benzene rings is 1. The smallest absolute Gasteiger partial charge is 0.227 e. The summed E-state index contributed by atoms with van der Waals surface area (Å²) in [5.74, 6) is 0.553. The standard InChI is InChI=1S/C21H27N3O3/c1-14-17(18(27-23-14)15-8-6-5-7-9-15)22-19(25)16-10-12-24(13-11-16)20(26)21(2,3)4/h5-9,16H,10-13H2,1-4H3,(H,22,25). The van der Waals surface area contributed by atoms with E-state index in [1.807, 2.05) is 62.9 Å². The van der Waals surface area contributed by atoms with Crippen LogP contribution in [0.2, 0.25) is 0 Å². The molecule has 0 radical (unpaired) electrons. The zero-order valence-electron chi connectivity index (χ0n) is 16.4. The number of likely N-dealkylation sites (tertiary alicyclic amines) is 1. The van der Waals surface area contributed by atoms with E-state index in [1.165, 1.54) is 0 Å². The number of anilines is 1. The van der Waals surface area contributed by atoms with Gasteiger partial charge in [0.1, 0.15) is 11.4 Å². The van der Waals surface area contributed by atoms with Crippen LogP contribution in [0.4, 0.5) is 5.69 Å². The van der Waals surface area contributed by atoms with E-state index in [0.29, 0.717) is 43.1 Å². The Morgan fingerprint density at radius 3 is 2.37 bits per heavy atom. The van der Waals surface area contributed by atoms with Gasteiger partial charge in [-0.05, 0) is 19.8 Å². The Bertz CT molecular complexity index is 813. The molecule has 1 aromatic heterocycles. The van der Waals surface area contributed by atoms with E-state index >= 15 is 0 Å². The van der Waals surface area contributed by atoms with Gasteiger partial charge >= 0.3 is 0 Å². The van der Waals surface area contributed by atoms with Crippen molar-refractivity contribution in [2.24, 2.45) is 11.3 Å². The first-order valence-electron chi connectivity index (χ1n) is 9.39. The third-order valence-electron chi connectivity index (χ3n) is 4.94. The molecule has 1 N–H and O–H groups in total. The largest absolute Gasteiger partial charge is 0.354 e. The molecule has 1 fully saturated rings. The SMILES string of the molecule is Cc1noc(-c2ccccc2)c1NC(=O)C1CCN(C(=O)C(C)(C)C)CC1. The van der Waals surface area contributed by atoms with Gasteiger partial charge in [0, 0.05) is 30.0 Å². The lowest BCUT2D eigenvalue weighted by molar-refractivity contribution is -0.142. The average Bonchev–Trinajstić information content (AvgIpc) is 3.01. The van der Waals surface area contributed by atoms with E-state index in [4.69, 9.17) is 4.52 Å². The Hall–Kier alpha value is -2.63. The predicted octanol–water partition coefficient (Wildman–Crippen LogP) is 3.87. The normalized spacial score (nSPS) is 15.6. The Balaban J connectivity index is 1.66. The minimum absolute atomic E-state index is 0.0404. The maximum Gasteiger partial charge on any atom is 0.227 e. The molecule has 6 heteroatoms. The first-order valence-corrected chi connectivity index (χ1v) is 9.39. The molecular formula is C21H27N3O3. The van der Waals surface area contributed by atoms with Gasteiger partial charge in [-0.3, -0.25) is 9.59 Å². The molecule has 2 heterocycles. The molecule has 0 unspecified atom stereocenters. The summed E-state index contributed by atoms with van der Waals surface area (Å²) in [6.45, 7) is 8.82. The highest BCUT2D eigenvalue weighted by Crippen LogP contribution is 2.32. The number of nitrogens with one attached hydrogen (secondary N) is 1. The van der Waals surface area contributed by atoms with Gasteiger partial charge in [-0.2, -0.15) is 0 Å². The Labute approximate surface area is 159 Å². The maximum absolute atomic E-state index is 12.8. The van der Waals surface area contributed by atoms with Gasteiger partial charge < -0.3 is 14.7 Å². The second-order valence-corrected chi connectivity index (χ2v) is 8.14. The Morgan fingerprint density at radius 2 is 1.78 bits per heavy atom. The van der Waals surface area contributed by atoms with Gasteiger partial charge in [0.05, 0.1) is 0 Å². The average molecular weight is 369 g/mol. The van der Waals surface area contributed by atoms with Crippen LogP contribution in [-0.2, 0) is 9.59 Å². The molecule has 1 aromatic carbocycles.